The zero-order chi connectivity index (χ0) is 22.6. The van der Waals surface area contributed by atoms with Crippen LogP contribution in [0.5, 0.6) is 0 Å². The van der Waals surface area contributed by atoms with Crippen molar-refractivity contribution in [1.82, 2.24) is 14.8 Å². The van der Waals surface area contributed by atoms with Gasteiger partial charge in [0.15, 0.2) is 5.82 Å². The van der Waals surface area contributed by atoms with Crippen LogP contribution in [0.15, 0.2) is 46.2 Å². The van der Waals surface area contributed by atoms with E-state index in [4.69, 9.17) is 11.6 Å². The highest BCUT2D eigenvalue weighted by atomic mass is 35.5. The van der Waals surface area contributed by atoms with E-state index in [0.717, 1.165) is 17.0 Å². The summed E-state index contributed by atoms with van der Waals surface area (Å²) in [5.74, 6) is -2.57. The maximum absolute atomic E-state index is 14.5. The van der Waals surface area contributed by atoms with Gasteiger partial charge in [0.25, 0.3) is 5.91 Å². The van der Waals surface area contributed by atoms with Crippen LogP contribution in [0.25, 0.3) is 16.3 Å². The van der Waals surface area contributed by atoms with E-state index in [1.54, 1.807) is 26.0 Å². The third-order valence-corrected chi connectivity index (χ3v) is 7.13. The number of thiazole rings is 1. The minimum absolute atomic E-state index is 0.0532. The first kappa shape index (κ1) is 20.9. The summed E-state index contributed by atoms with van der Waals surface area (Å²) in [4.78, 5) is 18.7. The van der Waals surface area contributed by atoms with E-state index in [0.29, 0.717) is 32.9 Å². The number of nitrogens with zero attached hydrogens (tertiary/aromatic N) is 5. The van der Waals surface area contributed by atoms with Gasteiger partial charge in [-0.15, -0.1) is 22.7 Å². The fourth-order valence-electron chi connectivity index (χ4n) is 3.56. The number of aromatic nitrogens is 3. The molecule has 0 N–H and O–H groups in total. The van der Waals surface area contributed by atoms with E-state index < -0.39 is 17.6 Å². The number of aryl methyl sites for hydroxylation is 1. The normalized spacial score (nSPS) is 16.2. The van der Waals surface area contributed by atoms with Crippen LogP contribution in [-0.2, 0) is 4.79 Å². The Morgan fingerprint density at radius 3 is 2.66 bits per heavy atom. The largest absolute Gasteiger partial charge is 0.271 e. The predicted molar refractivity (Wildman–Crippen MR) is 122 cm³/mol. The van der Waals surface area contributed by atoms with Crippen molar-refractivity contribution in [2.24, 2.45) is 5.10 Å². The summed E-state index contributed by atoms with van der Waals surface area (Å²) in [6.45, 7) is 3.46. The van der Waals surface area contributed by atoms with E-state index >= 15 is 0 Å². The third-order valence-electron chi connectivity index (χ3n) is 4.95. The number of amides is 1. The van der Waals surface area contributed by atoms with Crippen LogP contribution in [-0.4, -0.2) is 26.4 Å². The number of hydrazone groups is 1. The molecule has 1 aliphatic rings. The standard InChI is InChI=1S/C21H14ClF2N5OS2/c1-10-7-17(28(26-10)16-4-3-12(23)8-14(16)24)18-11(2)27-29(20(18)30)21-25-15(9-32-21)19-13(22)5-6-31-19/h3-9,18H,1-2H3. The molecule has 3 aromatic heterocycles. The lowest BCUT2D eigenvalue weighted by atomic mass is 10.00. The minimum atomic E-state index is -0.779. The molecule has 1 unspecified atom stereocenters. The summed E-state index contributed by atoms with van der Waals surface area (Å²) in [5, 5.41) is 14.7. The van der Waals surface area contributed by atoms with Crippen LogP contribution in [0.3, 0.4) is 0 Å². The average molecular weight is 490 g/mol. The Balaban J connectivity index is 1.51. The second kappa shape index (κ2) is 7.88. The Hall–Kier alpha value is -2.95. The Bertz CT molecular complexity index is 1390. The van der Waals surface area contributed by atoms with Crippen LogP contribution >= 0.6 is 34.3 Å². The zero-order valence-electron chi connectivity index (χ0n) is 16.7. The van der Waals surface area contributed by atoms with Crippen molar-refractivity contribution < 1.29 is 13.6 Å². The van der Waals surface area contributed by atoms with Gasteiger partial charge in [-0.25, -0.2) is 18.4 Å². The van der Waals surface area contributed by atoms with E-state index in [1.165, 1.54) is 38.4 Å². The predicted octanol–water partition coefficient (Wildman–Crippen LogP) is 5.80. The molecule has 4 heterocycles. The van der Waals surface area contributed by atoms with Crippen LogP contribution in [0.2, 0.25) is 5.02 Å². The van der Waals surface area contributed by atoms with Gasteiger partial charge in [-0.05, 0) is 43.5 Å². The summed E-state index contributed by atoms with van der Waals surface area (Å²) in [6.07, 6.45) is 0. The number of rotatable bonds is 4. The SMILES string of the molecule is CC1=NN(c2nc(-c3sccc3Cl)cs2)C(=O)C1c1cc(C)nn1-c1ccc(F)cc1F. The molecule has 6 nitrogen and oxygen atoms in total. The van der Waals surface area contributed by atoms with Gasteiger partial charge >= 0.3 is 0 Å². The third kappa shape index (κ3) is 3.44. The van der Waals surface area contributed by atoms with Gasteiger partial charge < -0.3 is 0 Å². The van der Waals surface area contributed by atoms with E-state index in [9.17, 15) is 13.6 Å². The van der Waals surface area contributed by atoms with E-state index in [-0.39, 0.29) is 11.6 Å². The molecule has 4 aromatic rings. The molecule has 1 amide bonds. The molecule has 11 heteroatoms. The number of carbonyl (C=O) groups excluding carboxylic acids is 1. The second-order valence-electron chi connectivity index (χ2n) is 7.16. The maximum atomic E-state index is 14.5. The second-order valence-corrected chi connectivity index (χ2v) is 9.32. The number of benzene rings is 1. The molecule has 0 saturated carbocycles. The number of hydrogen-bond donors (Lipinski definition) is 0. The van der Waals surface area contributed by atoms with Crippen molar-refractivity contribution in [2.45, 2.75) is 19.8 Å². The van der Waals surface area contributed by atoms with Gasteiger partial charge in [0.05, 0.1) is 32.7 Å². The molecule has 0 radical (unpaired) electrons. The van der Waals surface area contributed by atoms with Crippen molar-refractivity contribution in [3.63, 3.8) is 0 Å². The van der Waals surface area contributed by atoms with E-state index in [1.807, 2.05) is 10.8 Å². The first-order valence-corrected chi connectivity index (χ1v) is 11.6. The molecular formula is C21H14ClF2N5OS2. The highest BCUT2D eigenvalue weighted by Crippen LogP contribution is 2.38. The Morgan fingerprint density at radius 1 is 1.12 bits per heavy atom. The number of hydrogen-bond acceptors (Lipinski definition) is 6. The number of thiophene rings is 1. The minimum Gasteiger partial charge on any atom is -0.271 e. The molecule has 1 aliphatic heterocycles. The molecule has 162 valence electrons. The lowest BCUT2D eigenvalue weighted by Gasteiger charge is -2.14. The molecule has 5 rings (SSSR count). The quantitative estimate of drug-likeness (QED) is 0.363. The zero-order valence-corrected chi connectivity index (χ0v) is 19.1. The summed E-state index contributed by atoms with van der Waals surface area (Å²) in [5.41, 5.74) is 2.27. The summed E-state index contributed by atoms with van der Waals surface area (Å²) >= 11 is 8.94. The van der Waals surface area contributed by atoms with E-state index in [2.05, 4.69) is 15.2 Å². The molecule has 0 spiro atoms. The lowest BCUT2D eigenvalue weighted by Crippen LogP contribution is -2.27. The number of carbonyl (C=O) groups is 1. The molecule has 1 aromatic carbocycles. The molecule has 0 saturated heterocycles. The molecule has 32 heavy (non-hydrogen) atoms. The Morgan fingerprint density at radius 2 is 1.94 bits per heavy atom. The first-order valence-electron chi connectivity index (χ1n) is 9.43. The Kier molecular flexibility index (Phi) is 5.15. The smallest absolute Gasteiger partial charge is 0.264 e. The fourth-order valence-corrected chi connectivity index (χ4v) is 5.51. The van der Waals surface area contributed by atoms with Crippen molar-refractivity contribution in [3.8, 4) is 16.3 Å². The van der Waals surface area contributed by atoms with Gasteiger partial charge in [0.1, 0.15) is 17.4 Å². The summed E-state index contributed by atoms with van der Waals surface area (Å²) < 4.78 is 29.2. The van der Waals surface area contributed by atoms with Gasteiger partial charge in [-0.1, -0.05) is 11.6 Å². The van der Waals surface area contributed by atoms with Crippen LogP contribution in [0.4, 0.5) is 13.9 Å². The van der Waals surface area contributed by atoms with Crippen LogP contribution in [0, 0.1) is 18.6 Å². The fraction of sp³-hybridized carbons (Fsp3) is 0.143. The van der Waals surface area contributed by atoms with Crippen molar-refractivity contribution in [2.75, 3.05) is 5.01 Å². The molecule has 0 fully saturated rings. The Labute approximate surface area is 194 Å². The van der Waals surface area contributed by atoms with Gasteiger partial charge in [-0.3, -0.25) is 4.79 Å². The molecular weight excluding hydrogens is 476 g/mol. The van der Waals surface area contributed by atoms with Crippen molar-refractivity contribution in [3.05, 3.63) is 69.1 Å². The highest BCUT2D eigenvalue weighted by Gasteiger charge is 2.39. The summed E-state index contributed by atoms with van der Waals surface area (Å²) in [6, 6.07) is 6.72. The van der Waals surface area contributed by atoms with Gasteiger partial charge in [-0.2, -0.15) is 15.2 Å². The average Bonchev–Trinajstić information content (AvgIpc) is 3.50. The van der Waals surface area contributed by atoms with Crippen LogP contribution in [0.1, 0.15) is 24.2 Å². The highest BCUT2D eigenvalue weighted by molar-refractivity contribution is 7.16. The number of halogens is 3. The molecule has 1 atom stereocenters. The van der Waals surface area contributed by atoms with Gasteiger partial charge in [0.2, 0.25) is 5.13 Å². The molecule has 0 aliphatic carbocycles. The molecule has 0 bridgehead atoms. The topological polar surface area (TPSA) is 63.4 Å². The maximum Gasteiger partial charge on any atom is 0.264 e. The summed E-state index contributed by atoms with van der Waals surface area (Å²) in [7, 11) is 0. The monoisotopic (exact) mass is 489 g/mol. The van der Waals surface area contributed by atoms with Gasteiger partial charge in [0, 0.05) is 11.4 Å². The van der Waals surface area contributed by atoms with Crippen molar-refractivity contribution in [1.29, 1.82) is 0 Å². The number of anilines is 1. The first-order chi connectivity index (χ1) is 15.3. The van der Waals surface area contributed by atoms with Crippen molar-refractivity contribution >= 4 is 51.0 Å². The van der Waals surface area contributed by atoms with Crippen LogP contribution < -0.4 is 5.01 Å². The lowest BCUT2D eigenvalue weighted by molar-refractivity contribution is -0.118.